The van der Waals surface area contributed by atoms with Gasteiger partial charge in [-0.1, -0.05) is 112 Å². The Morgan fingerprint density at radius 2 is 0.892 bits per heavy atom. The standard InChI is InChI=1S/2C23H21F6.C12H7Si.2ClH.Zr/c2*1-4-5-14-6-7-15-8-16(13(2)3)11-20(15)21(14)17-9-18(22(24,25)26)12-19(10-17)23(27,28)29;1-3-7-11-9(5-1)10-6-2-4-8-12(10)13-11;;;/h2*6-13H,4-5H2,1-3H3;1-7H;2*1H;/q3*-1;;;+2/p-2. The number of benzene rings is 6. The fourth-order valence-electron chi connectivity index (χ4n) is 8.93. The molecule has 16 heteroatoms. The topological polar surface area (TPSA) is 0 Å². The first kappa shape index (κ1) is 58.6. The van der Waals surface area contributed by atoms with Crippen molar-refractivity contribution in [3.05, 3.63) is 178 Å². The first-order valence-corrected chi connectivity index (χ1v) is 30.9. The van der Waals surface area contributed by atoms with Crippen LogP contribution < -0.4 is 10.4 Å². The normalized spacial score (nSPS) is 12.5. The van der Waals surface area contributed by atoms with E-state index in [9.17, 15) is 52.7 Å². The van der Waals surface area contributed by atoms with Gasteiger partial charge in [0.05, 0.1) is 31.8 Å². The van der Waals surface area contributed by atoms with E-state index in [0.29, 0.717) is 34.7 Å². The number of aryl methyl sites for hydroxylation is 2. The Bertz CT molecular complexity index is 2920. The van der Waals surface area contributed by atoms with Crippen LogP contribution in [0.1, 0.15) is 111 Å². The van der Waals surface area contributed by atoms with E-state index in [2.05, 4.69) is 42.5 Å². The molecule has 74 heavy (non-hydrogen) atoms. The molecule has 9 rings (SSSR count). The van der Waals surface area contributed by atoms with E-state index < -0.39 is 67.8 Å². The molecular formula is C58H49Cl2F12SiZr-3. The molecule has 0 bridgehead atoms. The predicted molar refractivity (Wildman–Crippen MR) is 274 cm³/mol. The van der Waals surface area contributed by atoms with Gasteiger partial charge in [-0.25, -0.2) is 0 Å². The van der Waals surface area contributed by atoms with Gasteiger partial charge >= 0.3 is 62.6 Å². The van der Waals surface area contributed by atoms with Gasteiger partial charge in [0.2, 0.25) is 0 Å². The Kier molecular flexibility index (Phi) is 19.1. The van der Waals surface area contributed by atoms with Gasteiger partial charge in [-0.05, 0) is 72.2 Å². The summed E-state index contributed by atoms with van der Waals surface area (Å²) in [6.45, 7) is 11.8. The quantitative estimate of drug-likeness (QED) is 0.0808. The molecule has 0 fully saturated rings. The first-order chi connectivity index (χ1) is 34.7. The van der Waals surface area contributed by atoms with E-state index in [1.165, 1.54) is 21.5 Å². The van der Waals surface area contributed by atoms with Crippen LogP contribution in [0.2, 0.25) is 0 Å². The first-order valence-electron chi connectivity index (χ1n) is 23.6. The Balaban J connectivity index is 0.000000186. The summed E-state index contributed by atoms with van der Waals surface area (Å²) in [6.07, 6.45) is -16.9. The Morgan fingerprint density at radius 1 is 0.514 bits per heavy atom. The second kappa shape index (κ2) is 24.2. The molecule has 8 aromatic carbocycles. The van der Waals surface area contributed by atoms with Crippen molar-refractivity contribution in [3.63, 3.8) is 0 Å². The van der Waals surface area contributed by atoms with Gasteiger partial charge in [0.15, 0.2) is 0 Å². The van der Waals surface area contributed by atoms with E-state index in [1.54, 1.807) is 12.1 Å². The predicted octanol–water partition coefficient (Wildman–Crippen LogP) is 19.2. The van der Waals surface area contributed by atoms with Crippen molar-refractivity contribution >= 4 is 58.5 Å². The zero-order valence-corrected chi connectivity index (χ0v) is 45.9. The molecule has 0 nitrogen and oxygen atoms in total. The largest absolute Gasteiger partial charge is 0.184 e. The van der Waals surface area contributed by atoms with Gasteiger partial charge in [0.1, 0.15) is 0 Å². The average molecular weight is 1160 g/mol. The molecule has 0 N–H and O–H groups in total. The third-order valence-corrected chi connectivity index (χ3v) is 13.8. The van der Waals surface area contributed by atoms with E-state index in [1.807, 2.05) is 84.0 Å². The van der Waals surface area contributed by atoms with Gasteiger partial charge < -0.3 is 0 Å². The molecule has 0 saturated heterocycles. The van der Waals surface area contributed by atoms with E-state index >= 15 is 0 Å². The fourth-order valence-corrected chi connectivity index (χ4v) is 10.2. The summed E-state index contributed by atoms with van der Waals surface area (Å²) >= 11 is -0.826. The van der Waals surface area contributed by atoms with Crippen LogP contribution in [0.4, 0.5) is 52.7 Å². The molecule has 8 aromatic rings. The van der Waals surface area contributed by atoms with Crippen LogP contribution in [0.3, 0.4) is 0 Å². The molecule has 0 spiro atoms. The van der Waals surface area contributed by atoms with Gasteiger partial charge in [-0.3, -0.25) is 0 Å². The number of halogens is 14. The zero-order chi connectivity index (χ0) is 54.5. The van der Waals surface area contributed by atoms with Crippen molar-refractivity contribution in [1.82, 2.24) is 0 Å². The number of hydrogen-bond acceptors (Lipinski definition) is 0. The summed E-state index contributed by atoms with van der Waals surface area (Å²) in [6, 6.07) is 36.8. The number of alkyl halides is 12. The molecule has 0 atom stereocenters. The minimum atomic E-state index is -4.87. The molecule has 2 radical (unpaired) electrons. The SMILES string of the molecule is CCCc1ccc2[cH-]c(C(C)C)cc2c1-c1cc(C(F)(F)F)cc(C(F)(F)F)c1.CCCc1ccc2[cH-]c(C(C)C)cc2c1-c1cc(C(F)(F)F)cc(C(F)(F)F)c1.[Cl][Zr][Cl].[c-]1cccc2c1[Si]c1ccccc1-2. The van der Waals surface area contributed by atoms with Crippen molar-refractivity contribution in [3.8, 4) is 33.4 Å². The molecule has 1 aliphatic heterocycles. The summed E-state index contributed by atoms with van der Waals surface area (Å²) < 4.78 is 160. The Labute approximate surface area is 444 Å². The van der Waals surface area contributed by atoms with Gasteiger partial charge in [-0.15, -0.1) is 74.6 Å². The van der Waals surface area contributed by atoms with E-state index in [0.717, 1.165) is 79.7 Å². The Morgan fingerprint density at radius 3 is 1.26 bits per heavy atom. The van der Waals surface area contributed by atoms with Gasteiger partial charge in [0, 0.05) is 0 Å². The molecule has 0 aromatic heterocycles. The van der Waals surface area contributed by atoms with E-state index in [-0.39, 0.29) is 35.1 Å². The summed E-state index contributed by atoms with van der Waals surface area (Å²) in [5, 5.41) is 5.83. The second-order valence-electron chi connectivity index (χ2n) is 18.4. The fraction of sp³-hybridized carbons (Fsp3) is 0.276. The zero-order valence-electron chi connectivity index (χ0n) is 40.9. The molecule has 0 aliphatic carbocycles. The second-order valence-corrected chi connectivity index (χ2v) is 23.4. The monoisotopic (exact) mass is 1160 g/mol. The molecule has 0 amide bonds. The average Bonchev–Trinajstić information content (AvgIpc) is 4.07. The van der Waals surface area contributed by atoms with Crippen LogP contribution >= 0.6 is 17.0 Å². The van der Waals surface area contributed by atoms with Crippen LogP contribution in [0, 0.1) is 6.07 Å². The van der Waals surface area contributed by atoms with Gasteiger partial charge in [-0.2, -0.15) is 94.3 Å². The molecule has 1 heterocycles. The molecule has 1 aliphatic rings. The molecule has 0 unspecified atom stereocenters. The number of fused-ring (bicyclic) bond motifs is 5. The maximum atomic E-state index is 13.4. The van der Waals surface area contributed by atoms with Crippen molar-refractivity contribution < 1.29 is 73.5 Å². The maximum absolute atomic E-state index is 13.4. The maximum Gasteiger partial charge on any atom is 0.0920 e. The summed E-state index contributed by atoms with van der Waals surface area (Å²) in [5.74, 6) is 0.384. The molecule has 0 saturated carbocycles. The molecule has 390 valence electrons. The van der Waals surface area contributed by atoms with Crippen molar-refractivity contribution in [1.29, 1.82) is 0 Å². The third kappa shape index (κ3) is 14.0. The van der Waals surface area contributed by atoms with Crippen LogP contribution in [-0.2, 0) is 58.4 Å². The number of hydrogen-bond donors (Lipinski definition) is 0. The van der Waals surface area contributed by atoms with Crippen LogP contribution in [-0.4, -0.2) is 9.52 Å². The third-order valence-electron chi connectivity index (χ3n) is 12.5. The van der Waals surface area contributed by atoms with Crippen molar-refractivity contribution in [2.45, 2.75) is 104 Å². The number of rotatable bonds is 8. The summed E-state index contributed by atoms with van der Waals surface area (Å²) in [4.78, 5) is 0. The minimum absolute atomic E-state index is 0.0536. The van der Waals surface area contributed by atoms with Gasteiger partial charge in [0.25, 0.3) is 0 Å². The van der Waals surface area contributed by atoms with Crippen molar-refractivity contribution in [2.75, 3.05) is 0 Å². The summed E-state index contributed by atoms with van der Waals surface area (Å²) in [7, 11) is 10.7. The van der Waals surface area contributed by atoms with Crippen LogP contribution in [0.15, 0.2) is 127 Å². The Hall–Kier alpha value is -4.62. The molecular weight excluding hydrogens is 1110 g/mol. The minimum Gasteiger partial charge on any atom is -0.184 e. The summed E-state index contributed by atoms with van der Waals surface area (Å²) in [5.41, 5.74) is 1.87. The van der Waals surface area contributed by atoms with Crippen LogP contribution in [0.5, 0.6) is 0 Å². The van der Waals surface area contributed by atoms with Crippen LogP contribution in [0.25, 0.3) is 54.9 Å². The smallest absolute Gasteiger partial charge is 0.0920 e. The van der Waals surface area contributed by atoms with E-state index in [4.69, 9.17) is 17.0 Å². The van der Waals surface area contributed by atoms with Crippen molar-refractivity contribution in [2.24, 2.45) is 0 Å².